The van der Waals surface area contributed by atoms with E-state index >= 15 is 0 Å². The number of rotatable bonds is 8. The van der Waals surface area contributed by atoms with Crippen LogP contribution in [0.4, 0.5) is 0 Å². The van der Waals surface area contributed by atoms with Crippen molar-refractivity contribution in [2.45, 2.75) is 52.6 Å². The summed E-state index contributed by atoms with van der Waals surface area (Å²) < 4.78 is 7.83. The van der Waals surface area contributed by atoms with Crippen LogP contribution in [0.3, 0.4) is 0 Å². The first-order chi connectivity index (χ1) is 14.8. The second kappa shape index (κ2) is 8.60. The monoisotopic (exact) mass is 422 g/mol. The number of likely N-dealkylation sites (tertiary alicyclic amines) is 1. The number of aromatic amines is 1. The highest BCUT2D eigenvalue weighted by molar-refractivity contribution is 5.74. The first-order valence-electron chi connectivity index (χ1n) is 11.3. The smallest absolute Gasteiger partial charge is 0.326 e. The number of aryl methyl sites for hydroxylation is 2. The molecule has 4 rings (SSSR count). The lowest BCUT2D eigenvalue weighted by atomic mass is 9.84. The molecule has 0 unspecified atom stereocenters. The normalized spacial score (nSPS) is 20.0. The molecule has 6 nitrogen and oxygen atoms in total. The fourth-order valence-electron chi connectivity index (χ4n) is 4.81. The average molecular weight is 423 g/mol. The number of H-pyrrole nitrogens is 1. The molecule has 1 atom stereocenters. The van der Waals surface area contributed by atoms with Crippen molar-refractivity contribution in [1.82, 2.24) is 19.4 Å². The Bertz CT molecular complexity index is 1080. The van der Waals surface area contributed by atoms with Gasteiger partial charge in [-0.1, -0.05) is 18.2 Å². The second-order valence-corrected chi connectivity index (χ2v) is 9.40. The van der Waals surface area contributed by atoms with Gasteiger partial charge in [0.15, 0.2) is 0 Å². The van der Waals surface area contributed by atoms with Crippen LogP contribution in [0.2, 0.25) is 0 Å². The van der Waals surface area contributed by atoms with Crippen LogP contribution in [-0.2, 0) is 16.8 Å². The SMILES string of the molecule is CCOC[C@@]1(CCn2c(=O)[nH]c3ccccc32)CCN(C(C)(C)c2ccc(C)nc2)C1. The van der Waals surface area contributed by atoms with E-state index in [-0.39, 0.29) is 16.6 Å². The highest BCUT2D eigenvalue weighted by Gasteiger charge is 2.43. The number of imidazole rings is 1. The van der Waals surface area contributed by atoms with Gasteiger partial charge in [0.2, 0.25) is 0 Å². The van der Waals surface area contributed by atoms with E-state index in [1.165, 1.54) is 5.56 Å². The number of para-hydroxylation sites is 2. The fourth-order valence-corrected chi connectivity index (χ4v) is 4.81. The van der Waals surface area contributed by atoms with Crippen molar-refractivity contribution in [3.8, 4) is 0 Å². The summed E-state index contributed by atoms with van der Waals surface area (Å²) in [6, 6.07) is 12.2. The largest absolute Gasteiger partial charge is 0.381 e. The number of fused-ring (bicyclic) bond motifs is 1. The van der Waals surface area contributed by atoms with Crippen LogP contribution in [0.15, 0.2) is 47.4 Å². The van der Waals surface area contributed by atoms with Gasteiger partial charge in [0.05, 0.1) is 17.6 Å². The summed E-state index contributed by atoms with van der Waals surface area (Å²) in [5, 5.41) is 0. The van der Waals surface area contributed by atoms with Crippen LogP contribution in [0.25, 0.3) is 11.0 Å². The van der Waals surface area contributed by atoms with Crippen molar-refractivity contribution >= 4 is 11.0 Å². The van der Waals surface area contributed by atoms with E-state index in [9.17, 15) is 4.79 Å². The zero-order chi connectivity index (χ0) is 22.1. The second-order valence-electron chi connectivity index (χ2n) is 9.40. The number of nitrogens with one attached hydrogen (secondary N) is 1. The van der Waals surface area contributed by atoms with Crippen LogP contribution in [0.1, 0.15) is 44.9 Å². The van der Waals surface area contributed by atoms with Crippen LogP contribution in [-0.4, -0.2) is 45.7 Å². The first kappa shape index (κ1) is 21.8. The number of benzene rings is 1. The van der Waals surface area contributed by atoms with Crippen molar-refractivity contribution in [3.63, 3.8) is 0 Å². The number of ether oxygens (including phenoxy) is 1. The van der Waals surface area contributed by atoms with Crippen molar-refractivity contribution < 1.29 is 4.74 Å². The standard InChI is InChI=1S/C25H34N4O2/c1-5-31-18-25(13-15-29-22-9-7-6-8-21(22)27-23(29)30)12-14-28(17-25)24(3,4)20-11-10-19(2)26-16-20/h6-11,16H,5,12-15,17-18H2,1-4H3,(H,27,30)/t25-/m1/s1. The first-order valence-corrected chi connectivity index (χ1v) is 11.3. The summed E-state index contributed by atoms with van der Waals surface area (Å²) in [4.78, 5) is 22.6. The Morgan fingerprint density at radius 3 is 2.77 bits per heavy atom. The molecule has 1 saturated heterocycles. The summed E-state index contributed by atoms with van der Waals surface area (Å²) in [7, 11) is 0. The molecule has 0 spiro atoms. The predicted molar refractivity (Wildman–Crippen MR) is 124 cm³/mol. The lowest BCUT2D eigenvalue weighted by Crippen LogP contribution is -2.42. The minimum Gasteiger partial charge on any atom is -0.381 e. The summed E-state index contributed by atoms with van der Waals surface area (Å²) in [5.74, 6) is 0. The highest BCUT2D eigenvalue weighted by Crippen LogP contribution is 2.41. The van der Waals surface area contributed by atoms with Crippen molar-refractivity contribution in [1.29, 1.82) is 0 Å². The molecule has 31 heavy (non-hydrogen) atoms. The van der Waals surface area contributed by atoms with Gasteiger partial charge in [0, 0.05) is 42.5 Å². The Hall–Kier alpha value is -2.44. The van der Waals surface area contributed by atoms with Crippen molar-refractivity contribution in [2.24, 2.45) is 5.41 Å². The van der Waals surface area contributed by atoms with Crippen LogP contribution >= 0.6 is 0 Å². The van der Waals surface area contributed by atoms with Crippen LogP contribution < -0.4 is 5.69 Å². The molecule has 3 heterocycles. The third-order valence-electron chi connectivity index (χ3n) is 7.01. The molecule has 2 aromatic heterocycles. The molecule has 0 radical (unpaired) electrons. The van der Waals surface area contributed by atoms with Gasteiger partial charge >= 0.3 is 5.69 Å². The molecule has 0 bridgehead atoms. The quantitative estimate of drug-likeness (QED) is 0.594. The van der Waals surface area contributed by atoms with Gasteiger partial charge in [-0.15, -0.1) is 0 Å². The number of aromatic nitrogens is 3. The molecule has 1 aliphatic heterocycles. The van der Waals surface area contributed by atoms with Gasteiger partial charge < -0.3 is 9.72 Å². The maximum absolute atomic E-state index is 12.6. The summed E-state index contributed by atoms with van der Waals surface area (Å²) in [6.07, 6.45) is 3.98. The lowest BCUT2D eigenvalue weighted by Gasteiger charge is -2.38. The number of pyridine rings is 1. The van der Waals surface area contributed by atoms with Gasteiger partial charge in [-0.3, -0.25) is 14.5 Å². The molecule has 0 amide bonds. The number of nitrogens with zero attached hydrogens (tertiary/aromatic N) is 3. The average Bonchev–Trinajstić information content (AvgIpc) is 3.33. The maximum Gasteiger partial charge on any atom is 0.326 e. The molecular formula is C25H34N4O2. The van der Waals surface area contributed by atoms with E-state index in [0.29, 0.717) is 13.2 Å². The molecule has 1 aromatic carbocycles. The molecule has 1 fully saturated rings. The van der Waals surface area contributed by atoms with E-state index in [1.807, 2.05) is 48.9 Å². The summed E-state index contributed by atoms with van der Waals surface area (Å²) >= 11 is 0. The van der Waals surface area contributed by atoms with Gasteiger partial charge in [-0.25, -0.2) is 4.79 Å². The Balaban J connectivity index is 1.55. The van der Waals surface area contributed by atoms with Crippen molar-refractivity contribution in [3.05, 3.63) is 64.3 Å². The Kier molecular flexibility index (Phi) is 6.04. The molecule has 6 heteroatoms. The Morgan fingerprint density at radius 2 is 2.03 bits per heavy atom. The zero-order valence-corrected chi connectivity index (χ0v) is 19.1. The third-order valence-corrected chi connectivity index (χ3v) is 7.01. The Morgan fingerprint density at radius 1 is 1.23 bits per heavy atom. The minimum atomic E-state index is -0.105. The van der Waals surface area contributed by atoms with Crippen molar-refractivity contribution in [2.75, 3.05) is 26.3 Å². The molecular weight excluding hydrogens is 388 g/mol. The maximum atomic E-state index is 12.6. The molecule has 166 valence electrons. The molecule has 1 aliphatic rings. The van der Waals surface area contributed by atoms with E-state index < -0.39 is 0 Å². The number of hydrogen-bond donors (Lipinski definition) is 1. The summed E-state index contributed by atoms with van der Waals surface area (Å²) in [5.41, 5.74) is 4.03. The van der Waals surface area contributed by atoms with E-state index in [0.717, 1.165) is 49.3 Å². The topological polar surface area (TPSA) is 63.1 Å². The minimum absolute atomic E-state index is 0.0310. The van der Waals surface area contributed by atoms with Gasteiger partial charge in [0.1, 0.15) is 0 Å². The van der Waals surface area contributed by atoms with E-state index in [4.69, 9.17) is 4.74 Å². The zero-order valence-electron chi connectivity index (χ0n) is 19.1. The van der Waals surface area contributed by atoms with Gasteiger partial charge in [-0.2, -0.15) is 0 Å². The Labute approximate surface area is 184 Å². The number of hydrogen-bond acceptors (Lipinski definition) is 4. The van der Waals surface area contributed by atoms with Crippen LogP contribution in [0.5, 0.6) is 0 Å². The third kappa shape index (κ3) is 4.32. The van der Waals surface area contributed by atoms with Gasteiger partial charge in [-0.05, 0) is 70.8 Å². The van der Waals surface area contributed by atoms with Gasteiger partial charge in [0.25, 0.3) is 0 Å². The predicted octanol–water partition coefficient (Wildman–Crippen LogP) is 4.09. The molecule has 1 N–H and O–H groups in total. The van der Waals surface area contributed by atoms with Crippen LogP contribution in [0, 0.1) is 12.3 Å². The highest BCUT2D eigenvalue weighted by atomic mass is 16.5. The van der Waals surface area contributed by atoms with E-state index in [1.54, 1.807) is 0 Å². The summed E-state index contributed by atoms with van der Waals surface area (Å²) in [6.45, 7) is 12.7. The lowest BCUT2D eigenvalue weighted by molar-refractivity contribution is 0.0359. The molecule has 0 saturated carbocycles. The van der Waals surface area contributed by atoms with E-state index in [2.05, 4.69) is 40.8 Å². The molecule has 3 aromatic rings. The molecule has 0 aliphatic carbocycles. The fraction of sp³-hybridized carbons (Fsp3) is 0.520.